The first-order valence-electron chi connectivity index (χ1n) is 4.53. The second-order valence-electron chi connectivity index (χ2n) is 3.30. The Labute approximate surface area is 102 Å². The molecule has 0 radical (unpaired) electrons. The van der Waals surface area contributed by atoms with Gasteiger partial charge in [-0.2, -0.15) is 0 Å². The van der Waals surface area contributed by atoms with E-state index >= 15 is 0 Å². The maximum absolute atomic E-state index is 8.49. The van der Waals surface area contributed by atoms with E-state index in [4.69, 9.17) is 18.6 Å². The van der Waals surface area contributed by atoms with Crippen molar-refractivity contribution in [2.45, 2.75) is 24.5 Å². The Balaban J connectivity index is 0.000000385. The van der Waals surface area contributed by atoms with Crippen molar-refractivity contribution < 1.29 is 28.9 Å². The van der Waals surface area contributed by atoms with E-state index in [0.29, 0.717) is 0 Å². The SMILES string of the molecule is CC(C)[Se+](C)c1ccccc1.[O-][Cl+3]([O-])([O-])[O-]. The smallest absolute Gasteiger partial charge is 0.112 e. The minimum Gasteiger partial charge on any atom is -0.222 e. The summed E-state index contributed by atoms with van der Waals surface area (Å²) in [5, 5.41) is 0. The molecule has 4 nitrogen and oxygen atoms in total. The third kappa shape index (κ3) is 9.12. The number of benzene rings is 1. The van der Waals surface area contributed by atoms with E-state index in [1.807, 2.05) is 0 Å². The monoisotopic (exact) mass is 314 g/mol. The van der Waals surface area contributed by atoms with Crippen LogP contribution in [0.2, 0.25) is 10.6 Å². The van der Waals surface area contributed by atoms with Crippen molar-refractivity contribution in [3.05, 3.63) is 30.3 Å². The molecule has 0 aromatic heterocycles. The Bertz CT molecular complexity index is 281. The molecule has 16 heavy (non-hydrogen) atoms. The van der Waals surface area contributed by atoms with Gasteiger partial charge in [-0.1, -0.05) is 0 Å². The Morgan fingerprint density at radius 2 is 1.38 bits per heavy atom. The third-order valence-corrected chi connectivity index (χ3v) is 6.92. The summed E-state index contributed by atoms with van der Waals surface area (Å²) in [7, 11) is -4.94. The zero-order chi connectivity index (χ0) is 12.8. The van der Waals surface area contributed by atoms with Crippen LogP contribution >= 0.6 is 0 Å². The summed E-state index contributed by atoms with van der Waals surface area (Å²) >= 11 is -0.503. The zero-order valence-electron chi connectivity index (χ0n) is 9.38. The molecule has 0 N–H and O–H groups in total. The van der Waals surface area contributed by atoms with E-state index in [1.165, 1.54) is 0 Å². The first-order valence-corrected chi connectivity index (χ1v) is 9.32. The van der Waals surface area contributed by atoms with E-state index in [2.05, 4.69) is 50.0 Å². The molecule has 1 aromatic carbocycles. The molecule has 1 unspecified atom stereocenters. The zero-order valence-corrected chi connectivity index (χ0v) is 11.9. The van der Waals surface area contributed by atoms with Crippen LogP contribution in [0.4, 0.5) is 0 Å². The molecule has 1 atom stereocenters. The van der Waals surface area contributed by atoms with Crippen molar-refractivity contribution in [3.8, 4) is 0 Å². The minimum atomic E-state index is -4.94. The number of hydrogen-bond donors (Lipinski definition) is 0. The normalized spacial score (nSPS) is 13.0. The van der Waals surface area contributed by atoms with Crippen LogP contribution in [0.3, 0.4) is 0 Å². The van der Waals surface area contributed by atoms with Gasteiger partial charge in [-0.05, 0) is 0 Å². The fraction of sp³-hybridized carbons (Fsp3) is 0.400. The van der Waals surface area contributed by atoms with Crippen LogP contribution in [0.1, 0.15) is 13.8 Å². The van der Waals surface area contributed by atoms with Crippen molar-refractivity contribution in [1.82, 2.24) is 0 Å². The van der Waals surface area contributed by atoms with Gasteiger partial charge in [-0.3, -0.25) is 0 Å². The van der Waals surface area contributed by atoms with Crippen molar-refractivity contribution in [2.24, 2.45) is 0 Å². The summed E-state index contributed by atoms with van der Waals surface area (Å²) in [5.74, 6) is 2.40. The summed E-state index contributed by atoms with van der Waals surface area (Å²) in [4.78, 5) is 0.859. The predicted octanol–water partition coefficient (Wildman–Crippen LogP) is -2.33. The molecule has 0 aliphatic rings. The molecular formula is C10H15ClO4Se. The van der Waals surface area contributed by atoms with Gasteiger partial charge >= 0.3 is 73.2 Å². The average Bonchev–Trinajstić information content (AvgIpc) is 2.15. The largest absolute Gasteiger partial charge is 0.222 e. The van der Waals surface area contributed by atoms with Crippen LogP contribution in [0.5, 0.6) is 0 Å². The van der Waals surface area contributed by atoms with Crippen LogP contribution in [-0.4, -0.2) is 13.9 Å². The molecule has 92 valence electrons. The van der Waals surface area contributed by atoms with Crippen molar-refractivity contribution >= 4 is 18.4 Å². The second-order valence-corrected chi connectivity index (χ2v) is 9.36. The Kier molecular flexibility index (Phi) is 7.19. The topological polar surface area (TPSA) is 92.2 Å². The Hall–Kier alpha value is -0.131. The van der Waals surface area contributed by atoms with E-state index in [0.717, 1.165) is 4.82 Å². The molecule has 1 rings (SSSR count). The van der Waals surface area contributed by atoms with Gasteiger partial charge in [0.05, 0.1) is 0 Å². The fourth-order valence-corrected chi connectivity index (χ4v) is 3.28. The molecule has 0 amide bonds. The first kappa shape index (κ1) is 15.9. The Morgan fingerprint density at radius 1 is 1.00 bits per heavy atom. The number of hydrogen-bond acceptors (Lipinski definition) is 4. The summed E-state index contributed by atoms with van der Waals surface area (Å²) in [6.45, 7) is 4.63. The average molecular weight is 314 g/mol. The van der Waals surface area contributed by atoms with Gasteiger partial charge in [0.25, 0.3) is 0 Å². The molecular weight excluding hydrogens is 299 g/mol. The van der Waals surface area contributed by atoms with Gasteiger partial charge in [0.1, 0.15) is 0 Å². The van der Waals surface area contributed by atoms with Crippen LogP contribution in [0.25, 0.3) is 0 Å². The van der Waals surface area contributed by atoms with Crippen molar-refractivity contribution in [1.29, 1.82) is 0 Å². The molecule has 1 aromatic rings. The van der Waals surface area contributed by atoms with Crippen LogP contribution in [-0.2, 0) is 0 Å². The maximum Gasteiger partial charge on any atom is -0.112 e. The number of halogens is 1. The molecule has 0 bridgehead atoms. The fourth-order valence-electron chi connectivity index (χ4n) is 0.907. The molecule has 6 heteroatoms. The minimum absolute atomic E-state index is 0.503. The van der Waals surface area contributed by atoms with Gasteiger partial charge in [-0.25, -0.2) is 18.6 Å². The van der Waals surface area contributed by atoms with E-state index in [1.54, 1.807) is 4.46 Å². The second kappa shape index (κ2) is 7.25. The first-order chi connectivity index (χ1) is 7.22. The van der Waals surface area contributed by atoms with Gasteiger partial charge in [0.15, 0.2) is 0 Å². The van der Waals surface area contributed by atoms with Gasteiger partial charge in [0.2, 0.25) is 0 Å². The molecule has 0 aliphatic carbocycles. The summed E-state index contributed by atoms with van der Waals surface area (Å²) in [5.41, 5.74) is 0. The molecule has 0 fully saturated rings. The standard InChI is InChI=1S/C10H15Se.ClHO4/c1-9(2)11(3)10-7-5-4-6-8-10;2-1(3,4)5/h4-9H,1-3H3;(H,2,3,4,5)/q+1;/p-1. The maximum atomic E-state index is 8.49. The van der Waals surface area contributed by atoms with Gasteiger partial charge in [-0.15, -0.1) is 10.2 Å². The number of rotatable bonds is 2. The molecule has 0 heterocycles. The molecule has 0 spiro atoms. The van der Waals surface area contributed by atoms with Crippen LogP contribution in [0.15, 0.2) is 30.3 Å². The quantitative estimate of drug-likeness (QED) is 0.573. The summed E-state index contributed by atoms with van der Waals surface area (Å²) in [6, 6.07) is 10.9. The van der Waals surface area contributed by atoms with Crippen LogP contribution < -0.4 is 23.1 Å². The van der Waals surface area contributed by atoms with E-state index in [-0.39, 0.29) is 0 Å². The predicted molar refractivity (Wildman–Crippen MR) is 52.8 cm³/mol. The molecule has 0 aliphatic heterocycles. The van der Waals surface area contributed by atoms with Gasteiger partial charge < -0.3 is 0 Å². The van der Waals surface area contributed by atoms with Gasteiger partial charge in [0, 0.05) is 0 Å². The van der Waals surface area contributed by atoms with E-state index < -0.39 is 24.1 Å². The summed E-state index contributed by atoms with van der Waals surface area (Å²) in [6.07, 6.45) is 0. The van der Waals surface area contributed by atoms with E-state index in [9.17, 15) is 0 Å². The van der Waals surface area contributed by atoms with Crippen molar-refractivity contribution in [3.63, 3.8) is 0 Å². The van der Waals surface area contributed by atoms with Crippen molar-refractivity contribution in [2.75, 3.05) is 0 Å². The summed E-state index contributed by atoms with van der Waals surface area (Å²) < 4.78 is 35.5. The molecule has 0 saturated carbocycles. The third-order valence-electron chi connectivity index (χ3n) is 1.82. The van der Waals surface area contributed by atoms with Crippen LogP contribution in [0, 0.1) is 10.2 Å². The molecule has 0 saturated heterocycles. The Morgan fingerprint density at radius 3 is 1.69 bits per heavy atom.